The molecule has 2 nitrogen and oxygen atoms in total. The molecule has 0 radical (unpaired) electrons. The molecule has 1 N–H and O–H groups in total. The van der Waals surface area contributed by atoms with Crippen LogP contribution < -0.4 is 4.84 Å². The second-order valence-corrected chi connectivity index (χ2v) is 5.37. The number of nitrogens with one attached hydrogen (secondary N) is 1. The maximum Gasteiger partial charge on any atom is 0.157 e. The molecule has 0 aliphatic heterocycles. The molecule has 3 unspecified atom stereocenters. The Kier molecular flexibility index (Phi) is 1.81. The molecule has 2 saturated carbocycles. The Balaban J connectivity index is 2.44. The molecule has 3 atom stereocenters. The van der Waals surface area contributed by atoms with Crippen LogP contribution in [0.15, 0.2) is 0 Å². The number of rotatable bonds is 1. The quantitative estimate of drug-likeness (QED) is 0.659. The number of carbonyl (C=O) groups is 1. The molecule has 0 saturated heterocycles. The summed E-state index contributed by atoms with van der Waals surface area (Å²) in [7, 11) is 0. The van der Waals surface area contributed by atoms with E-state index >= 15 is 0 Å². The van der Waals surface area contributed by atoms with Crippen molar-refractivity contribution in [1.82, 2.24) is 4.84 Å². The standard InChI is InChI=1S/C10H16ClNO/c1-9(2)6-4-5-10(9,3)8(13)7(6)12-11/h6-7,12H,4-5H2,1-3H3. The predicted octanol–water partition coefficient (Wildman–Crippen LogP) is 2.12. The third-order valence-corrected chi connectivity index (χ3v) is 4.89. The van der Waals surface area contributed by atoms with E-state index in [2.05, 4.69) is 25.6 Å². The van der Waals surface area contributed by atoms with Gasteiger partial charge in [0.15, 0.2) is 5.78 Å². The first kappa shape index (κ1) is 9.47. The normalized spacial score (nSPS) is 47.2. The van der Waals surface area contributed by atoms with Crippen molar-refractivity contribution in [3.8, 4) is 0 Å². The Morgan fingerprint density at radius 3 is 2.38 bits per heavy atom. The lowest BCUT2D eigenvalue weighted by molar-refractivity contribution is -0.129. The Hall–Kier alpha value is -0.0800. The first-order chi connectivity index (χ1) is 5.95. The SMILES string of the molecule is CC12CCC(C(NCl)C1=O)C2(C)C. The van der Waals surface area contributed by atoms with Crippen molar-refractivity contribution in [1.29, 1.82) is 0 Å². The van der Waals surface area contributed by atoms with Crippen molar-refractivity contribution in [3.63, 3.8) is 0 Å². The molecule has 0 heterocycles. The van der Waals surface area contributed by atoms with Crippen molar-refractivity contribution >= 4 is 17.6 Å². The lowest BCUT2D eigenvalue weighted by Gasteiger charge is -2.32. The minimum atomic E-state index is -0.149. The van der Waals surface area contributed by atoms with E-state index in [9.17, 15) is 4.79 Å². The summed E-state index contributed by atoms with van der Waals surface area (Å²) in [5.74, 6) is 0.728. The average Bonchev–Trinajstić information content (AvgIpc) is 2.36. The lowest BCUT2D eigenvalue weighted by atomic mass is 9.70. The molecule has 0 spiro atoms. The zero-order chi connectivity index (χ0) is 9.85. The summed E-state index contributed by atoms with van der Waals surface area (Å²) in [4.78, 5) is 14.6. The number of hydrogen-bond donors (Lipinski definition) is 1. The van der Waals surface area contributed by atoms with Crippen LogP contribution in [-0.4, -0.2) is 11.8 Å². The molecule has 0 aromatic carbocycles. The Morgan fingerprint density at radius 2 is 2.08 bits per heavy atom. The van der Waals surface area contributed by atoms with Crippen molar-refractivity contribution in [3.05, 3.63) is 0 Å². The van der Waals surface area contributed by atoms with Crippen LogP contribution in [0.5, 0.6) is 0 Å². The maximum absolute atomic E-state index is 12.0. The Bertz CT molecular complexity index is 264. The van der Waals surface area contributed by atoms with E-state index in [0.29, 0.717) is 11.7 Å². The van der Waals surface area contributed by atoms with Gasteiger partial charge in [0.1, 0.15) is 0 Å². The molecule has 2 fully saturated rings. The van der Waals surface area contributed by atoms with Gasteiger partial charge in [-0.2, -0.15) is 0 Å². The van der Waals surface area contributed by atoms with Crippen LogP contribution in [0.4, 0.5) is 0 Å². The van der Waals surface area contributed by atoms with Gasteiger partial charge in [0, 0.05) is 5.41 Å². The van der Waals surface area contributed by atoms with E-state index in [-0.39, 0.29) is 16.9 Å². The highest BCUT2D eigenvalue weighted by Crippen LogP contribution is 2.63. The molecule has 0 aromatic rings. The fourth-order valence-corrected chi connectivity index (χ4v) is 3.46. The second-order valence-electron chi connectivity index (χ2n) is 5.15. The highest BCUT2D eigenvalue weighted by atomic mass is 35.5. The van der Waals surface area contributed by atoms with Gasteiger partial charge in [0.25, 0.3) is 0 Å². The predicted molar refractivity (Wildman–Crippen MR) is 52.4 cm³/mol. The van der Waals surface area contributed by atoms with Crippen LogP contribution in [0, 0.1) is 16.7 Å². The minimum Gasteiger partial charge on any atom is -0.297 e. The van der Waals surface area contributed by atoms with Crippen LogP contribution in [0.3, 0.4) is 0 Å². The van der Waals surface area contributed by atoms with Crippen LogP contribution in [0.1, 0.15) is 33.6 Å². The molecule has 0 amide bonds. The minimum absolute atomic E-state index is 0.108. The fourth-order valence-electron chi connectivity index (χ4n) is 3.21. The van der Waals surface area contributed by atoms with Gasteiger partial charge in [-0.3, -0.25) is 4.79 Å². The van der Waals surface area contributed by atoms with Crippen molar-refractivity contribution in [2.24, 2.45) is 16.7 Å². The van der Waals surface area contributed by atoms with E-state index in [4.69, 9.17) is 11.8 Å². The Labute approximate surface area is 84.1 Å². The van der Waals surface area contributed by atoms with E-state index in [0.717, 1.165) is 12.8 Å². The first-order valence-corrected chi connectivity index (χ1v) is 5.23. The van der Waals surface area contributed by atoms with Gasteiger partial charge in [0.05, 0.1) is 6.04 Å². The zero-order valence-electron chi connectivity index (χ0n) is 8.36. The maximum atomic E-state index is 12.0. The molecule has 0 aromatic heterocycles. The van der Waals surface area contributed by atoms with E-state index in [1.807, 2.05) is 0 Å². The van der Waals surface area contributed by atoms with Gasteiger partial charge in [-0.15, -0.1) is 0 Å². The number of Topliss-reactive ketones (excluding diaryl/α,β-unsaturated/α-hetero) is 1. The Morgan fingerprint density at radius 1 is 1.46 bits per heavy atom. The molecule has 2 aliphatic carbocycles. The number of carbonyl (C=O) groups excluding carboxylic acids is 1. The summed E-state index contributed by atoms with van der Waals surface area (Å²) in [5, 5.41) is 0. The topological polar surface area (TPSA) is 29.1 Å². The van der Waals surface area contributed by atoms with Gasteiger partial charge in [-0.25, -0.2) is 4.84 Å². The number of halogens is 1. The van der Waals surface area contributed by atoms with Crippen molar-refractivity contribution in [2.45, 2.75) is 39.7 Å². The summed E-state index contributed by atoms with van der Waals surface area (Å²) in [6.07, 6.45) is 2.15. The van der Waals surface area contributed by atoms with E-state index in [1.54, 1.807) is 0 Å². The molecule has 2 bridgehead atoms. The molecule has 3 heteroatoms. The van der Waals surface area contributed by atoms with Gasteiger partial charge in [-0.1, -0.05) is 20.8 Å². The molecule has 2 rings (SSSR count). The van der Waals surface area contributed by atoms with Crippen LogP contribution in [0.2, 0.25) is 0 Å². The number of fused-ring (bicyclic) bond motifs is 2. The first-order valence-electron chi connectivity index (χ1n) is 4.85. The van der Waals surface area contributed by atoms with Gasteiger partial charge in [0.2, 0.25) is 0 Å². The zero-order valence-corrected chi connectivity index (χ0v) is 9.11. The summed E-state index contributed by atoms with van der Waals surface area (Å²) in [5.41, 5.74) is -0.0408. The summed E-state index contributed by atoms with van der Waals surface area (Å²) >= 11 is 5.62. The summed E-state index contributed by atoms with van der Waals surface area (Å²) in [6, 6.07) is -0.115. The highest BCUT2D eigenvalue weighted by Gasteiger charge is 2.66. The third kappa shape index (κ3) is 0.861. The van der Waals surface area contributed by atoms with Crippen LogP contribution in [-0.2, 0) is 4.79 Å². The number of ketones is 1. The van der Waals surface area contributed by atoms with Gasteiger partial charge in [-0.05, 0) is 36.0 Å². The highest BCUT2D eigenvalue weighted by molar-refractivity contribution is 6.16. The van der Waals surface area contributed by atoms with Crippen molar-refractivity contribution in [2.75, 3.05) is 0 Å². The lowest BCUT2D eigenvalue weighted by Crippen LogP contribution is -2.39. The van der Waals surface area contributed by atoms with Gasteiger partial charge >= 0.3 is 0 Å². The monoisotopic (exact) mass is 201 g/mol. The molecule has 74 valence electrons. The van der Waals surface area contributed by atoms with Gasteiger partial charge < -0.3 is 0 Å². The fraction of sp³-hybridized carbons (Fsp3) is 0.900. The van der Waals surface area contributed by atoms with Crippen molar-refractivity contribution < 1.29 is 4.79 Å². The number of hydrogen-bond acceptors (Lipinski definition) is 2. The van der Waals surface area contributed by atoms with Crippen LogP contribution >= 0.6 is 11.8 Å². The molecular weight excluding hydrogens is 186 g/mol. The average molecular weight is 202 g/mol. The largest absolute Gasteiger partial charge is 0.297 e. The second kappa shape index (κ2) is 2.48. The smallest absolute Gasteiger partial charge is 0.157 e. The van der Waals surface area contributed by atoms with E-state index in [1.165, 1.54) is 0 Å². The van der Waals surface area contributed by atoms with Crippen LogP contribution in [0.25, 0.3) is 0 Å². The summed E-state index contributed by atoms with van der Waals surface area (Å²) < 4.78 is 0. The van der Waals surface area contributed by atoms with E-state index < -0.39 is 0 Å². The summed E-state index contributed by atoms with van der Waals surface area (Å²) in [6.45, 7) is 6.47. The molecular formula is C10H16ClNO. The molecule has 2 aliphatic rings. The molecule has 13 heavy (non-hydrogen) atoms. The third-order valence-electron chi connectivity index (χ3n) is 4.65.